The van der Waals surface area contributed by atoms with Crippen LogP contribution in [0.25, 0.3) is 72.0 Å². The maximum atomic E-state index is 6.24. The van der Waals surface area contributed by atoms with Gasteiger partial charge in [-0.15, -0.1) is 0 Å². The number of nitrogens with zero attached hydrogens (tertiary/aromatic N) is 3. The Kier molecular flexibility index (Phi) is 6.13. The summed E-state index contributed by atoms with van der Waals surface area (Å²) in [4.78, 5) is 8.75. The summed E-state index contributed by atoms with van der Waals surface area (Å²) in [6.07, 6.45) is 7.40. The van der Waals surface area contributed by atoms with Crippen LogP contribution in [0.4, 0.5) is 0 Å². The predicted molar refractivity (Wildman–Crippen MR) is 184 cm³/mol. The van der Waals surface area contributed by atoms with Gasteiger partial charge in [-0.05, 0) is 89.0 Å². The molecule has 0 unspecified atom stereocenters. The van der Waals surface area contributed by atoms with Gasteiger partial charge in [-0.25, -0.2) is 0 Å². The van der Waals surface area contributed by atoms with Gasteiger partial charge in [0.15, 0.2) is 0 Å². The number of hydrogen-bond acceptors (Lipinski definition) is 4. The lowest BCUT2D eigenvalue weighted by molar-refractivity contribution is 0.125. The van der Waals surface area contributed by atoms with E-state index >= 15 is 0 Å². The Hall–Kier alpha value is -6.20. The lowest BCUT2D eigenvalue weighted by atomic mass is 9.92. The maximum Gasteiger partial charge on any atom is 0.230 e. The summed E-state index contributed by atoms with van der Waals surface area (Å²) in [6.45, 7) is 0.137. The Morgan fingerprint density at radius 2 is 1.07 bits per heavy atom. The summed E-state index contributed by atoms with van der Waals surface area (Å²) in [5, 5.41) is 2.46. The van der Waals surface area contributed by atoms with Crippen molar-refractivity contribution in [2.45, 2.75) is 0 Å². The number of pyridine rings is 2. The third-order valence-electron chi connectivity index (χ3n) is 8.76. The summed E-state index contributed by atoms with van der Waals surface area (Å²) in [5.74, 6) is 1.58. The van der Waals surface area contributed by atoms with E-state index in [0.29, 0.717) is 0 Å². The van der Waals surface area contributed by atoms with E-state index in [1.165, 1.54) is 10.8 Å². The van der Waals surface area contributed by atoms with Crippen LogP contribution in [0.1, 0.15) is 0 Å². The Balaban J connectivity index is 1.19. The second-order valence-electron chi connectivity index (χ2n) is 11.5. The molecular weight excluding hydrogens is 566 g/mol. The van der Waals surface area contributed by atoms with Crippen molar-refractivity contribution in [3.05, 3.63) is 152 Å². The molecule has 0 radical (unpaired) electrons. The molecule has 0 aliphatic carbocycles. The molecule has 0 saturated heterocycles. The molecule has 4 heterocycles. The third kappa shape index (κ3) is 4.41. The summed E-state index contributed by atoms with van der Waals surface area (Å²) >= 11 is 0. The van der Waals surface area contributed by atoms with Crippen molar-refractivity contribution in [3.8, 4) is 61.7 Å². The van der Waals surface area contributed by atoms with Crippen LogP contribution in [0.5, 0.6) is 11.5 Å². The third-order valence-corrected chi connectivity index (χ3v) is 8.76. The van der Waals surface area contributed by atoms with Gasteiger partial charge in [0.25, 0.3) is 0 Å². The number of fused-ring (bicyclic) bond motifs is 6. The van der Waals surface area contributed by atoms with Crippen LogP contribution in [0.2, 0.25) is 0 Å². The van der Waals surface area contributed by atoms with Crippen molar-refractivity contribution in [3.63, 3.8) is 0 Å². The molecular formula is C41H27N3O2. The molecule has 8 aromatic rings. The van der Waals surface area contributed by atoms with Crippen molar-refractivity contribution in [2.75, 3.05) is 6.79 Å². The zero-order chi connectivity index (χ0) is 30.5. The van der Waals surface area contributed by atoms with Crippen molar-refractivity contribution in [1.29, 1.82) is 0 Å². The van der Waals surface area contributed by atoms with E-state index in [1.807, 2.05) is 30.6 Å². The van der Waals surface area contributed by atoms with Crippen LogP contribution in [-0.4, -0.2) is 21.3 Å². The SMILES string of the molecule is c1cncc(-c2cc(-c3cccnc3)cc(-c3ccc4c(c3)-c3ccc(-n5c6ccccc6c6ccccc65)cc3OCO4)c2)c1. The molecule has 0 bridgehead atoms. The van der Waals surface area contributed by atoms with Crippen LogP contribution < -0.4 is 9.47 Å². The first-order valence-electron chi connectivity index (χ1n) is 15.3. The Labute approximate surface area is 266 Å². The van der Waals surface area contributed by atoms with E-state index in [2.05, 4.69) is 124 Å². The van der Waals surface area contributed by atoms with Crippen LogP contribution in [0.15, 0.2) is 152 Å². The molecule has 0 atom stereocenters. The minimum Gasteiger partial charge on any atom is -0.457 e. The normalized spacial score (nSPS) is 12.2. The monoisotopic (exact) mass is 593 g/mol. The highest BCUT2D eigenvalue weighted by atomic mass is 16.7. The smallest absolute Gasteiger partial charge is 0.230 e. The van der Waals surface area contributed by atoms with E-state index in [9.17, 15) is 0 Å². The van der Waals surface area contributed by atoms with Gasteiger partial charge in [-0.2, -0.15) is 0 Å². The molecule has 9 rings (SSSR count). The first-order chi connectivity index (χ1) is 22.8. The molecule has 1 aliphatic heterocycles. The molecule has 0 fully saturated rings. The number of hydrogen-bond donors (Lipinski definition) is 0. The average Bonchev–Trinajstić information content (AvgIpc) is 3.35. The number of benzene rings is 5. The van der Waals surface area contributed by atoms with Crippen molar-refractivity contribution in [2.24, 2.45) is 0 Å². The molecule has 0 spiro atoms. The number of aromatic nitrogens is 3. The van der Waals surface area contributed by atoms with Gasteiger partial charge in [-0.3, -0.25) is 9.97 Å². The first kappa shape index (κ1) is 26.2. The lowest BCUT2D eigenvalue weighted by Crippen LogP contribution is -2.04. The van der Waals surface area contributed by atoms with Gasteiger partial charge in [0, 0.05) is 69.6 Å². The highest BCUT2D eigenvalue weighted by Gasteiger charge is 2.20. The van der Waals surface area contributed by atoms with Crippen molar-refractivity contribution >= 4 is 21.8 Å². The highest BCUT2D eigenvalue weighted by molar-refractivity contribution is 6.09. The Morgan fingerprint density at radius 1 is 0.457 bits per heavy atom. The fraction of sp³-hybridized carbons (Fsp3) is 0.0244. The molecule has 0 N–H and O–H groups in total. The average molecular weight is 594 g/mol. The largest absolute Gasteiger partial charge is 0.457 e. The quantitative estimate of drug-likeness (QED) is 0.204. The number of rotatable bonds is 4. The van der Waals surface area contributed by atoms with E-state index in [1.54, 1.807) is 12.4 Å². The van der Waals surface area contributed by atoms with Gasteiger partial charge in [0.1, 0.15) is 11.5 Å². The molecule has 218 valence electrons. The van der Waals surface area contributed by atoms with Gasteiger partial charge in [0.2, 0.25) is 6.79 Å². The fourth-order valence-corrected chi connectivity index (χ4v) is 6.59. The summed E-state index contributed by atoms with van der Waals surface area (Å²) < 4.78 is 14.7. The standard InChI is InChI=1S/C41H27N3O2/c1-3-11-38-34(9-1)35-10-2-4-12-39(35)44(38)33-14-15-36-37-22-27(13-16-40(37)45-26-46-41(36)23-33)30-19-31(28-7-5-17-42-24-28)21-32(20-30)29-8-6-18-43-25-29/h1-25H,26H2. The van der Waals surface area contributed by atoms with Crippen molar-refractivity contribution < 1.29 is 9.47 Å². The minimum atomic E-state index is 0.137. The molecule has 0 amide bonds. The molecule has 1 aliphatic rings. The van der Waals surface area contributed by atoms with Crippen LogP contribution in [-0.2, 0) is 0 Å². The zero-order valence-electron chi connectivity index (χ0n) is 24.8. The van der Waals surface area contributed by atoms with E-state index in [-0.39, 0.29) is 6.79 Å². The lowest BCUT2D eigenvalue weighted by Gasteiger charge is -2.14. The highest BCUT2D eigenvalue weighted by Crippen LogP contribution is 2.44. The predicted octanol–water partition coefficient (Wildman–Crippen LogP) is 9.97. The molecule has 5 aromatic carbocycles. The minimum absolute atomic E-state index is 0.137. The summed E-state index contributed by atoms with van der Waals surface area (Å²) in [5.41, 5.74) is 11.8. The van der Waals surface area contributed by atoms with E-state index < -0.39 is 0 Å². The fourth-order valence-electron chi connectivity index (χ4n) is 6.59. The van der Waals surface area contributed by atoms with Crippen LogP contribution in [0, 0.1) is 0 Å². The zero-order valence-corrected chi connectivity index (χ0v) is 24.8. The van der Waals surface area contributed by atoms with Gasteiger partial charge >= 0.3 is 0 Å². The Morgan fingerprint density at radius 3 is 1.70 bits per heavy atom. The molecule has 46 heavy (non-hydrogen) atoms. The van der Waals surface area contributed by atoms with E-state index in [0.717, 1.165) is 72.7 Å². The Bertz CT molecular complexity index is 2290. The number of para-hydroxylation sites is 2. The first-order valence-corrected chi connectivity index (χ1v) is 15.3. The van der Waals surface area contributed by atoms with Gasteiger partial charge in [0.05, 0.1) is 11.0 Å². The molecule has 5 nitrogen and oxygen atoms in total. The van der Waals surface area contributed by atoms with Crippen LogP contribution >= 0.6 is 0 Å². The van der Waals surface area contributed by atoms with Gasteiger partial charge < -0.3 is 14.0 Å². The summed E-state index contributed by atoms with van der Waals surface area (Å²) in [6, 6.07) is 44.7. The maximum absolute atomic E-state index is 6.24. The molecule has 0 saturated carbocycles. The van der Waals surface area contributed by atoms with E-state index in [4.69, 9.17) is 9.47 Å². The number of ether oxygens (including phenoxy) is 2. The molecule has 5 heteroatoms. The second-order valence-corrected chi connectivity index (χ2v) is 11.5. The van der Waals surface area contributed by atoms with Gasteiger partial charge in [-0.1, -0.05) is 54.6 Å². The second kappa shape index (κ2) is 10.8. The summed E-state index contributed by atoms with van der Waals surface area (Å²) in [7, 11) is 0. The topological polar surface area (TPSA) is 49.2 Å². The van der Waals surface area contributed by atoms with Crippen molar-refractivity contribution in [1.82, 2.24) is 14.5 Å². The molecule has 3 aromatic heterocycles. The van der Waals surface area contributed by atoms with Crippen LogP contribution in [0.3, 0.4) is 0 Å².